The van der Waals surface area contributed by atoms with E-state index in [2.05, 4.69) is 50.2 Å². The third-order valence-corrected chi connectivity index (χ3v) is 9.80. The highest BCUT2D eigenvalue weighted by Gasteiger charge is 2.56. The number of nitrogens with one attached hydrogen (secondary N) is 3. The van der Waals surface area contributed by atoms with Crippen LogP contribution in [-0.4, -0.2) is 89.8 Å². The van der Waals surface area contributed by atoms with Crippen LogP contribution >= 0.6 is 0 Å². The highest BCUT2D eigenvalue weighted by atomic mass is 16.6. The molecular formula is C33H43N7O5. The summed E-state index contributed by atoms with van der Waals surface area (Å²) in [5.74, 6) is 0.183. The Morgan fingerprint density at radius 3 is 2.69 bits per heavy atom. The second-order valence-electron chi connectivity index (χ2n) is 14.2. The SMILES string of the molecule is CC(C)(C)OC(=O)[C@@H]1CC[C@@](CC#N)(N2NC(Nc3ccc4nc(N5CC6CCC(C5)O6)ccc4c3)C3C(=O)NCCC32)CO1. The van der Waals surface area contributed by atoms with Gasteiger partial charge in [-0.25, -0.2) is 20.2 Å². The van der Waals surface area contributed by atoms with Crippen LogP contribution in [-0.2, 0) is 23.8 Å². The number of hydrazine groups is 1. The van der Waals surface area contributed by atoms with E-state index >= 15 is 0 Å². The topological polar surface area (TPSA) is 141 Å². The Balaban J connectivity index is 1.08. The Morgan fingerprint density at radius 1 is 1.18 bits per heavy atom. The van der Waals surface area contributed by atoms with E-state index < -0.39 is 23.4 Å². The number of rotatable bonds is 6. The van der Waals surface area contributed by atoms with Crippen molar-refractivity contribution in [3.63, 3.8) is 0 Å². The second-order valence-corrected chi connectivity index (χ2v) is 14.2. The number of ether oxygens (including phenoxy) is 3. The molecule has 5 aliphatic rings. The van der Waals surface area contributed by atoms with Gasteiger partial charge in [-0.2, -0.15) is 5.26 Å². The molecule has 240 valence electrons. The van der Waals surface area contributed by atoms with Gasteiger partial charge in [-0.05, 0) is 83.2 Å². The molecule has 0 aliphatic carbocycles. The van der Waals surface area contributed by atoms with Crippen LogP contribution in [0.3, 0.4) is 0 Å². The highest BCUT2D eigenvalue weighted by Crippen LogP contribution is 2.40. The van der Waals surface area contributed by atoms with Crippen LogP contribution in [0.1, 0.15) is 59.3 Å². The monoisotopic (exact) mass is 617 g/mol. The van der Waals surface area contributed by atoms with Gasteiger partial charge in [0.15, 0.2) is 6.10 Å². The number of nitriles is 1. The van der Waals surface area contributed by atoms with Crippen molar-refractivity contribution in [1.82, 2.24) is 20.7 Å². The zero-order chi connectivity index (χ0) is 31.3. The van der Waals surface area contributed by atoms with Crippen LogP contribution in [0, 0.1) is 17.2 Å². The summed E-state index contributed by atoms with van der Waals surface area (Å²) in [7, 11) is 0. The Labute approximate surface area is 263 Å². The summed E-state index contributed by atoms with van der Waals surface area (Å²) in [5.41, 5.74) is 4.08. The molecule has 1 aromatic carbocycles. The van der Waals surface area contributed by atoms with Crippen molar-refractivity contribution in [3.8, 4) is 6.07 Å². The molecule has 12 nitrogen and oxygen atoms in total. The molecule has 5 saturated heterocycles. The molecule has 0 spiro atoms. The number of amides is 1. The van der Waals surface area contributed by atoms with E-state index in [4.69, 9.17) is 19.2 Å². The second kappa shape index (κ2) is 11.7. The van der Waals surface area contributed by atoms with Crippen molar-refractivity contribution >= 4 is 34.3 Å². The standard InChI is InChI=1S/C33H43N7O5/c1-32(2,3)45-31(42)26-10-12-33(13-14-34,19-43-26)40-25-11-15-35-30(41)28(25)29(38-40)36-21-5-8-24-20(16-21)4-9-27(37-24)39-17-22-6-7-23(18-39)44-22/h4-5,8-9,16,22-23,25-26,28-29,36,38H,6-7,10-13,15,17-19H2,1-3H3,(H,35,41)/t22?,23?,25?,26-,28?,29?,33-/m0/s1. The fourth-order valence-electron chi connectivity index (χ4n) is 7.70. The quantitative estimate of drug-likeness (QED) is 0.412. The van der Waals surface area contributed by atoms with Crippen LogP contribution < -0.4 is 21.0 Å². The Kier molecular flexibility index (Phi) is 7.84. The van der Waals surface area contributed by atoms with Gasteiger partial charge in [-0.15, -0.1) is 0 Å². The summed E-state index contributed by atoms with van der Waals surface area (Å²) in [4.78, 5) is 33.3. The molecule has 45 heavy (non-hydrogen) atoms. The maximum absolute atomic E-state index is 13.3. The van der Waals surface area contributed by atoms with Gasteiger partial charge >= 0.3 is 5.97 Å². The number of piperidine rings is 1. The van der Waals surface area contributed by atoms with Crippen molar-refractivity contribution < 1.29 is 23.8 Å². The molecule has 7 rings (SSSR count). The lowest BCUT2D eigenvalue weighted by molar-refractivity contribution is -0.180. The van der Waals surface area contributed by atoms with Crippen LogP contribution in [0.25, 0.3) is 10.9 Å². The molecule has 5 unspecified atom stereocenters. The summed E-state index contributed by atoms with van der Waals surface area (Å²) in [6.07, 6.45) is 3.68. The van der Waals surface area contributed by atoms with Gasteiger partial charge in [0.05, 0.1) is 48.3 Å². The van der Waals surface area contributed by atoms with Gasteiger partial charge in [0.1, 0.15) is 17.6 Å². The molecule has 6 heterocycles. The summed E-state index contributed by atoms with van der Waals surface area (Å²) < 4.78 is 17.7. The van der Waals surface area contributed by atoms with Crippen molar-refractivity contribution in [2.45, 2.75) is 101 Å². The molecule has 1 amide bonds. The molecule has 2 bridgehead atoms. The number of benzene rings is 1. The maximum Gasteiger partial charge on any atom is 0.335 e. The number of morpholine rings is 1. The predicted molar refractivity (Wildman–Crippen MR) is 167 cm³/mol. The summed E-state index contributed by atoms with van der Waals surface area (Å²) >= 11 is 0. The van der Waals surface area contributed by atoms with E-state index in [1.165, 1.54) is 0 Å². The number of aromatic nitrogens is 1. The van der Waals surface area contributed by atoms with Gasteiger partial charge in [0, 0.05) is 36.7 Å². The lowest BCUT2D eigenvalue weighted by atomic mass is 9.83. The number of nitrogens with zero attached hydrogens (tertiary/aromatic N) is 4. The van der Waals surface area contributed by atoms with Crippen LogP contribution in [0.2, 0.25) is 0 Å². The van der Waals surface area contributed by atoms with Crippen molar-refractivity contribution in [2.75, 3.05) is 36.5 Å². The largest absolute Gasteiger partial charge is 0.458 e. The fourth-order valence-corrected chi connectivity index (χ4v) is 7.70. The summed E-state index contributed by atoms with van der Waals surface area (Å²) in [6.45, 7) is 8.00. The number of anilines is 2. The number of fused-ring (bicyclic) bond motifs is 4. The number of carbonyl (C=O) groups excluding carboxylic acids is 2. The Bertz CT molecular complexity index is 1480. The lowest BCUT2D eigenvalue weighted by Gasteiger charge is -2.47. The average molecular weight is 618 g/mol. The number of esters is 1. The molecule has 5 aliphatic heterocycles. The summed E-state index contributed by atoms with van der Waals surface area (Å²) in [6, 6.07) is 12.5. The minimum absolute atomic E-state index is 0.0270. The smallest absolute Gasteiger partial charge is 0.335 e. The zero-order valence-corrected chi connectivity index (χ0v) is 26.3. The van der Waals surface area contributed by atoms with Crippen molar-refractivity contribution in [1.29, 1.82) is 5.26 Å². The minimum Gasteiger partial charge on any atom is -0.458 e. The maximum atomic E-state index is 13.3. The van der Waals surface area contributed by atoms with Gasteiger partial charge in [0.2, 0.25) is 5.91 Å². The first kappa shape index (κ1) is 30.2. The van der Waals surface area contributed by atoms with Crippen LogP contribution in [0.15, 0.2) is 30.3 Å². The van der Waals surface area contributed by atoms with E-state index in [0.717, 1.165) is 54.8 Å². The lowest BCUT2D eigenvalue weighted by Crippen LogP contribution is -2.63. The van der Waals surface area contributed by atoms with Crippen LogP contribution in [0.5, 0.6) is 0 Å². The molecule has 0 radical (unpaired) electrons. The zero-order valence-electron chi connectivity index (χ0n) is 26.3. The Morgan fingerprint density at radius 2 is 1.98 bits per heavy atom. The van der Waals surface area contributed by atoms with E-state index in [1.54, 1.807) is 0 Å². The third-order valence-electron chi connectivity index (χ3n) is 9.80. The normalized spacial score (nSPS) is 33.4. The van der Waals surface area contributed by atoms with Gasteiger partial charge in [0.25, 0.3) is 0 Å². The number of carbonyl (C=O) groups is 2. The molecule has 2 aromatic rings. The highest BCUT2D eigenvalue weighted by molar-refractivity contribution is 5.85. The van der Waals surface area contributed by atoms with E-state index in [0.29, 0.717) is 31.6 Å². The molecule has 0 saturated carbocycles. The van der Waals surface area contributed by atoms with Crippen molar-refractivity contribution in [2.24, 2.45) is 5.92 Å². The minimum atomic E-state index is -0.688. The molecule has 3 N–H and O–H groups in total. The first-order valence-corrected chi connectivity index (χ1v) is 16.2. The molecule has 1 aromatic heterocycles. The first-order valence-electron chi connectivity index (χ1n) is 16.2. The van der Waals surface area contributed by atoms with Gasteiger partial charge in [-0.1, -0.05) is 0 Å². The summed E-state index contributed by atoms with van der Waals surface area (Å²) in [5, 5.41) is 19.6. The van der Waals surface area contributed by atoms with Crippen LogP contribution in [0.4, 0.5) is 11.5 Å². The van der Waals surface area contributed by atoms with Gasteiger partial charge in [-0.3, -0.25) is 4.79 Å². The van der Waals surface area contributed by atoms with E-state index in [9.17, 15) is 14.9 Å². The van der Waals surface area contributed by atoms with Crippen molar-refractivity contribution in [3.05, 3.63) is 30.3 Å². The number of pyridine rings is 1. The van der Waals surface area contributed by atoms with E-state index in [-0.39, 0.29) is 36.9 Å². The fraction of sp³-hybridized carbons (Fsp3) is 0.636. The molecule has 5 fully saturated rings. The number of hydrogen-bond acceptors (Lipinski definition) is 11. The number of hydrogen-bond donors (Lipinski definition) is 3. The molecular weight excluding hydrogens is 574 g/mol. The van der Waals surface area contributed by atoms with E-state index in [1.807, 2.05) is 32.9 Å². The van der Waals surface area contributed by atoms with Gasteiger partial charge < -0.3 is 29.7 Å². The average Bonchev–Trinajstić information content (AvgIpc) is 3.56. The Hall–Kier alpha value is -3.50. The predicted octanol–water partition coefficient (Wildman–Crippen LogP) is 2.84. The third kappa shape index (κ3) is 5.94. The molecule has 7 atom stereocenters. The molecule has 12 heteroatoms. The first-order chi connectivity index (χ1) is 21.6.